The molecule has 0 bridgehead atoms. The highest BCUT2D eigenvalue weighted by atomic mass is 16.4. The van der Waals surface area contributed by atoms with E-state index in [2.05, 4.69) is 15.1 Å². The Kier molecular flexibility index (Phi) is 5.80. The van der Waals surface area contributed by atoms with Crippen LogP contribution in [0, 0.1) is 13.8 Å². The van der Waals surface area contributed by atoms with E-state index in [1.54, 1.807) is 0 Å². The zero-order valence-corrected chi connectivity index (χ0v) is 16.9. The van der Waals surface area contributed by atoms with Gasteiger partial charge in [-0.3, -0.25) is 9.69 Å². The lowest BCUT2D eigenvalue weighted by Crippen LogP contribution is -2.52. The summed E-state index contributed by atoms with van der Waals surface area (Å²) in [5.74, 6) is 2.72. The second kappa shape index (κ2) is 8.47. The van der Waals surface area contributed by atoms with Crippen molar-refractivity contribution < 1.29 is 13.6 Å². The predicted octanol–water partition coefficient (Wildman–Crippen LogP) is 3.36. The van der Waals surface area contributed by atoms with Crippen molar-refractivity contribution in [3.63, 3.8) is 0 Å². The lowest BCUT2D eigenvalue weighted by Gasteiger charge is -2.40. The summed E-state index contributed by atoms with van der Waals surface area (Å²) in [5, 5.41) is 8.20. The number of hydrogen-bond donors (Lipinski definition) is 0. The third kappa shape index (κ3) is 4.29. The fourth-order valence-corrected chi connectivity index (χ4v) is 4.46. The summed E-state index contributed by atoms with van der Waals surface area (Å²) < 4.78 is 11.3. The number of carbonyl (C=O) groups is 1. The van der Waals surface area contributed by atoms with Crippen LogP contribution in [0.1, 0.15) is 55.9 Å². The van der Waals surface area contributed by atoms with Gasteiger partial charge in [0.1, 0.15) is 11.5 Å². The van der Waals surface area contributed by atoms with Crippen molar-refractivity contribution in [2.45, 2.75) is 64.8 Å². The quantitative estimate of drug-likeness (QED) is 0.784. The molecule has 2 fully saturated rings. The SMILES string of the molecule is Cc1cc(-c2nnc(CCC(=O)N3CCN(C4CCCCC4)CC3)o2)c(C)o1. The lowest BCUT2D eigenvalue weighted by atomic mass is 9.94. The van der Waals surface area contributed by atoms with Crippen molar-refractivity contribution in [3.8, 4) is 11.5 Å². The molecule has 0 N–H and O–H groups in total. The molecule has 0 aromatic carbocycles. The van der Waals surface area contributed by atoms with Gasteiger partial charge in [0, 0.05) is 45.1 Å². The lowest BCUT2D eigenvalue weighted by molar-refractivity contribution is -0.133. The maximum Gasteiger partial charge on any atom is 0.251 e. The number of furan rings is 1. The Morgan fingerprint density at radius 2 is 1.82 bits per heavy atom. The van der Waals surface area contributed by atoms with Crippen LogP contribution in [-0.4, -0.2) is 58.1 Å². The van der Waals surface area contributed by atoms with Crippen molar-refractivity contribution in [2.75, 3.05) is 26.2 Å². The van der Waals surface area contributed by atoms with E-state index in [0.717, 1.165) is 49.3 Å². The Labute approximate surface area is 166 Å². The number of carbonyl (C=O) groups excluding carboxylic acids is 1. The van der Waals surface area contributed by atoms with Crippen LogP contribution in [0.5, 0.6) is 0 Å². The van der Waals surface area contributed by atoms with E-state index in [0.29, 0.717) is 24.6 Å². The molecule has 0 radical (unpaired) electrons. The number of rotatable bonds is 5. The molecule has 3 heterocycles. The molecule has 0 atom stereocenters. The molecule has 152 valence electrons. The van der Waals surface area contributed by atoms with E-state index in [9.17, 15) is 4.79 Å². The molecule has 7 heteroatoms. The normalized spacial score (nSPS) is 19.3. The predicted molar refractivity (Wildman–Crippen MR) is 105 cm³/mol. The highest BCUT2D eigenvalue weighted by Crippen LogP contribution is 2.26. The van der Waals surface area contributed by atoms with Crippen molar-refractivity contribution in [1.29, 1.82) is 0 Å². The molecule has 7 nitrogen and oxygen atoms in total. The van der Waals surface area contributed by atoms with Gasteiger partial charge in [0.15, 0.2) is 0 Å². The highest BCUT2D eigenvalue weighted by molar-refractivity contribution is 5.76. The molecular weight excluding hydrogens is 356 g/mol. The first-order valence-corrected chi connectivity index (χ1v) is 10.5. The molecule has 0 spiro atoms. The fraction of sp³-hybridized carbons (Fsp3) is 0.667. The zero-order valence-electron chi connectivity index (χ0n) is 16.9. The van der Waals surface area contributed by atoms with Crippen molar-refractivity contribution >= 4 is 5.91 Å². The summed E-state index contributed by atoms with van der Waals surface area (Å²) in [6.45, 7) is 7.43. The minimum absolute atomic E-state index is 0.179. The van der Waals surface area contributed by atoms with Crippen LogP contribution in [0.3, 0.4) is 0 Å². The highest BCUT2D eigenvalue weighted by Gasteiger charge is 2.27. The third-order valence-electron chi connectivity index (χ3n) is 6.05. The summed E-state index contributed by atoms with van der Waals surface area (Å²) >= 11 is 0. The molecule has 2 aliphatic rings. The Balaban J connectivity index is 1.25. The van der Waals surface area contributed by atoms with Gasteiger partial charge in [-0.25, -0.2) is 0 Å². The maximum atomic E-state index is 12.6. The van der Waals surface area contributed by atoms with Crippen LogP contribution < -0.4 is 0 Å². The number of hydrogen-bond acceptors (Lipinski definition) is 6. The van der Waals surface area contributed by atoms with Gasteiger partial charge in [0.05, 0.1) is 5.56 Å². The van der Waals surface area contributed by atoms with Crippen molar-refractivity contribution in [1.82, 2.24) is 20.0 Å². The smallest absolute Gasteiger partial charge is 0.251 e. The molecule has 0 unspecified atom stereocenters. The zero-order chi connectivity index (χ0) is 19.5. The van der Waals surface area contributed by atoms with Crippen LogP contribution in [0.25, 0.3) is 11.5 Å². The number of aryl methyl sites for hydroxylation is 3. The van der Waals surface area contributed by atoms with E-state index < -0.39 is 0 Å². The number of aromatic nitrogens is 2. The average molecular weight is 386 g/mol. The molecule has 28 heavy (non-hydrogen) atoms. The molecule has 1 aliphatic carbocycles. The first-order chi connectivity index (χ1) is 13.6. The van der Waals surface area contributed by atoms with Gasteiger partial charge in [-0.15, -0.1) is 10.2 Å². The summed E-state index contributed by atoms with van der Waals surface area (Å²) in [5.41, 5.74) is 0.821. The minimum Gasteiger partial charge on any atom is -0.466 e. The van der Waals surface area contributed by atoms with E-state index in [4.69, 9.17) is 8.83 Å². The minimum atomic E-state index is 0.179. The first-order valence-electron chi connectivity index (χ1n) is 10.5. The van der Waals surface area contributed by atoms with Gasteiger partial charge in [0.2, 0.25) is 11.8 Å². The van der Waals surface area contributed by atoms with E-state index in [1.807, 2.05) is 24.8 Å². The van der Waals surface area contributed by atoms with Gasteiger partial charge in [0.25, 0.3) is 5.89 Å². The van der Waals surface area contributed by atoms with E-state index in [1.165, 1.54) is 32.1 Å². The molecule has 1 saturated carbocycles. The molecule has 1 amide bonds. The largest absolute Gasteiger partial charge is 0.466 e. The second-order valence-corrected chi connectivity index (χ2v) is 8.04. The van der Waals surface area contributed by atoms with Gasteiger partial charge >= 0.3 is 0 Å². The summed E-state index contributed by atoms with van der Waals surface area (Å²) in [6.07, 6.45) is 7.62. The van der Waals surface area contributed by atoms with Crippen LogP contribution >= 0.6 is 0 Å². The molecular formula is C21H30N4O3. The molecule has 4 rings (SSSR count). The Hall–Kier alpha value is -2.15. The second-order valence-electron chi connectivity index (χ2n) is 8.04. The Morgan fingerprint density at radius 3 is 2.50 bits per heavy atom. The summed E-state index contributed by atoms with van der Waals surface area (Å²) in [7, 11) is 0. The number of piperazine rings is 1. The maximum absolute atomic E-state index is 12.6. The van der Waals surface area contributed by atoms with Gasteiger partial charge in [-0.1, -0.05) is 19.3 Å². The van der Waals surface area contributed by atoms with Gasteiger partial charge < -0.3 is 13.7 Å². The molecule has 1 saturated heterocycles. The molecule has 2 aromatic heterocycles. The van der Waals surface area contributed by atoms with E-state index >= 15 is 0 Å². The first kappa shape index (κ1) is 19.2. The van der Waals surface area contributed by atoms with Crippen LogP contribution in [0.15, 0.2) is 14.9 Å². The molecule has 1 aliphatic heterocycles. The fourth-order valence-electron chi connectivity index (χ4n) is 4.46. The standard InChI is InChI=1S/C21H30N4O3/c1-15-14-18(16(2)27-15)21-23-22-19(28-21)8-9-20(26)25-12-10-24(11-13-25)17-6-4-3-5-7-17/h14,17H,3-13H2,1-2H3. The topological polar surface area (TPSA) is 75.6 Å². The van der Waals surface area contributed by atoms with Crippen LogP contribution in [0.4, 0.5) is 0 Å². The van der Waals surface area contributed by atoms with E-state index in [-0.39, 0.29) is 5.91 Å². The van der Waals surface area contributed by atoms with Gasteiger partial charge in [-0.05, 0) is 32.8 Å². The Bertz CT molecular complexity index is 798. The number of amides is 1. The number of nitrogens with zero attached hydrogens (tertiary/aromatic N) is 4. The summed E-state index contributed by atoms with van der Waals surface area (Å²) in [6, 6.07) is 2.63. The van der Waals surface area contributed by atoms with Crippen LogP contribution in [0.2, 0.25) is 0 Å². The van der Waals surface area contributed by atoms with Crippen LogP contribution in [-0.2, 0) is 11.2 Å². The average Bonchev–Trinajstić information content (AvgIpc) is 3.32. The molecule has 2 aromatic rings. The monoisotopic (exact) mass is 386 g/mol. The van der Waals surface area contributed by atoms with Crippen molar-refractivity contribution in [2.24, 2.45) is 0 Å². The third-order valence-corrected chi connectivity index (χ3v) is 6.05. The van der Waals surface area contributed by atoms with Crippen molar-refractivity contribution in [3.05, 3.63) is 23.5 Å². The van der Waals surface area contributed by atoms with Gasteiger partial charge in [-0.2, -0.15) is 0 Å². The summed E-state index contributed by atoms with van der Waals surface area (Å²) in [4.78, 5) is 17.2. The Morgan fingerprint density at radius 1 is 1.07 bits per heavy atom.